The zero-order chi connectivity index (χ0) is 25.3. The van der Waals surface area contributed by atoms with Gasteiger partial charge in [-0.2, -0.15) is 13.2 Å². The number of aromatic nitrogens is 5. The number of H-pyrrole nitrogens is 1. The van der Waals surface area contributed by atoms with Gasteiger partial charge in [-0.05, 0) is 42.3 Å². The Labute approximate surface area is 203 Å². The molecule has 0 atom stereocenters. The number of rotatable bonds is 6. The van der Waals surface area contributed by atoms with Crippen LogP contribution in [-0.2, 0) is 12.6 Å². The van der Waals surface area contributed by atoms with E-state index in [1.807, 2.05) is 6.92 Å². The van der Waals surface area contributed by atoms with Crippen LogP contribution in [0.3, 0.4) is 0 Å². The summed E-state index contributed by atoms with van der Waals surface area (Å²) in [4.78, 5) is 33.4. The quantitative estimate of drug-likeness (QED) is 0.289. The standard InChI is InChI=1S/C26H19F3N6O/c1-15-5-6-18(21(36)12-16-3-2-4-19(11-16)26(27,28)29)13-20(15)33-25-22-24(32-14-31-22)34-23(35-25)17-7-9-30-10-8-17/h2-11,13-14H,12H2,1H3,(H2,31,32,33,34,35). The third-order valence-electron chi connectivity index (χ3n) is 5.66. The van der Waals surface area contributed by atoms with Crippen molar-refractivity contribution >= 4 is 28.5 Å². The highest BCUT2D eigenvalue weighted by atomic mass is 19.4. The van der Waals surface area contributed by atoms with Gasteiger partial charge in [0.2, 0.25) is 0 Å². The number of aryl methyl sites for hydroxylation is 1. The number of carbonyl (C=O) groups excluding carboxylic acids is 1. The van der Waals surface area contributed by atoms with Gasteiger partial charge in [0.25, 0.3) is 0 Å². The van der Waals surface area contributed by atoms with Crippen molar-refractivity contribution in [2.75, 3.05) is 5.32 Å². The van der Waals surface area contributed by atoms with Crippen molar-refractivity contribution < 1.29 is 18.0 Å². The number of nitrogens with one attached hydrogen (secondary N) is 2. The fourth-order valence-corrected chi connectivity index (χ4v) is 3.76. The molecule has 3 heterocycles. The molecule has 0 bridgehead atoms. The predicted octanol–water partition coefficient (Wildman–Crippen LogP) is 5.91. The number of carbonyl (C=O) groups is 1. The van der Waals surface area contributed by atoms with Gasteiger partial charge in [-0.1, -0.05) is 30.3 Å². The zero-order valence-corrected chi connectivity index (χ0v) is 19.0. The van der Waals surface area contributed by atoms with Gasteiger partial charge in [-0.3, -0.25) is 9.78 Å². The summed E-state index contributed by atoms with van der Waals surface area (Å²) >= 11 is 0. The van der Waals surface area contributed by atoms with Crippen LogP contribution in [0.2, 0.25) is 0 Å². The van der Waals surface area contributed by atoms with E-state index in [2.05, 4.69) is 30.2 Å². The number of hydrogen-bond acceptors (Lipinski definition) is 6. The fraction of sp³-hybridized carbons (Fsp3) is 0.115. The number of aromatic amines is 1. The van der Waals surface area contributed by atoms with Gasteiger partial charge in [0.1, 0.15) is 5.52 Å². The molecule has 10 heteroatoms. The number of Topliss-reactive ketones (excluding diaryl/α,β-unsaturated/α-hetero) is 1. The topological polar surface area (TPSA) is 96.5 Å². The Hall–Kier alpha value is -4.60. The van der Waals surface area contributed by atoms with Gasteiger partial charge < -0.3 is 10.3 Å². The van der Waals surface area contributed by atoms with Crippen molar-refractivity contribution in [1.29, 1.82) is 0 Å². The van der Waals surface area contributed by atoms with Crippen molar-refractivity contribution in [3.8, 4) is 11.4 Å². The summed E-state index contributed by atoms with van der Waals surface area (Å²) in [6.07, 6.45) is 0.179. The average molecular weight is 488 g/mol. The van der Waals surface area contributed by atoms with Gasteiger partial charge in [-0.15, -0.1) is 0 Å². The summed E-state index contributed by atoms with van der Waals surface area (Å²) < 4.78 is 39.1. The molecule has 2 N–H and O–H groups in total. The smallest absolute Gasteiger partial charge is 0.340 e. The number of imidazole rings is 1. The number of nitrogens with zero attached hydrogens (tertiary/aromatic N) is 4. The van der Waals surface area contributed by atoms with Crippen molar-refractivity contribution in [2.24, 2.45) is 0 Å². The lowest BCUT2D eigenvalue weighted by atomic mass is 9.99. The third kappa shape index (κ3) is 4.78. The van der Waals surface area contributed by atoms with Crippen LogP contribution in [0, 0.1) is 6.92 Å². The summed E-state index contributed by atoms with van der Waals surface area (Å²) in [5.74, 6) is 0.619. The number of benzene rings is 2. The number of pyridine rings is 1. The molecule has 0 saturated carbocycles. The monoisotopic (exact) mass is 488 g/mol. The van der Waals surface area contributed by atoms with E-state index >= 15 is 0 Å². The molecule has 2 aromatic carbocycles. The minimum Gasteiger partial charge on any atom is -0.340 e. The second kappa shape index (κ2) is 9.21. The lowest BCUT2D eigenvalue weighted by Gasteiger charge is -2.13. The number of ketones is 1. The molecule has 0 aliphatic carbocycles. The molecule has 0 amide bonds. The molecule has 0 aliphatic heterocycles. The Bertz CT molecular complexity index is 1560. The van der Waals surface area contributed by atoms with Crippen molar-refractivity contribution in [1.82, 2.24) is 24.9 Å². The molecular formula is C26H19F3N6O. The Morgan fingerprint density at radius 2 is 1.83 bits per heavy atom. The molecule has 0 fully saturated rings. The maximum absolute atomic E-state index is 13.0. The number of halogens is 3. The average Bonchev–Trinajstić information content (AvgIpc) is 3.35. The van der Waals surface area contributed by atoms with Crippen LogP contribution in [-0.4, -0.2) is 30.7 Å². The van der Waals surface area contributed by atoms with Crippen LogP contribution in [0.15, 0.2) is 73.3 Å². The summed E-state index contributed by atoms with van der Waals surface area (Å²) in [6, 6.07) is 13.5. The van der Waals surface area contributed by atoms with Gasteiger partial charge in [0.05, 0.1) is 11.9 Å². The normalized spacial score (nSPS) is 11.6. The van der Waals surface area contributed by atoms with Gasteiger partial charge >= 0.3 is 6.18 Å². The Balaban J connectivity index is 1.45. The molecule has 0 aliphatic rings. The highest BCUT2D eigenvalue weighted by Gasteiger charge is 2.30. The van der Waals surface area contributed by atoms with Gasteiger partial charge in [-0.25, -0.2) is 15.0 Å². The maximum Gasteiger partial charge on any atom is 0.416 e. The van der Waals surface area contributed by atoms with Crippen LogP contribution >= 0.6 is 0 Å². The number of anilines is 2. The SMILES string of the molecule is Cc1ccc(C(=O)Cc2cccc(C(F)(F)F)c2)cc1Nc1nc(-c2ccncc2)nc2nc[nH]c12. The number of hydrogen-bond donors (Lipinski definition) is 2. The summed E-state index contributed by atoms with van der Waals surface area (Å²) in [7, 11) is 0. The van der Waals surface area contributed by atoms with Crippen LogP contribution in [0.1, 0.15) is 27.0 Å². The largest absolute Gasteiger partial charge is 0.416 e. The summed E-state index contributed by atoms with van der Waals surface area (Å²) in [5, 5.41) is 3.26. The predicted molar refractivity (Wildman–Crippen MR) is 129 cm³/mol. The first kappa shape index (κ1) is 23.2. The Morgan fingerprint density at radius 3 is 2.61 bits per heavy atom. The third-order valence-corrected chi connectivity index (χ3v) is 5.66. The first-order chi connectivity index (χ1) is 17.3. The maximum atomic E-state index is 13.0. The summed E-state index contributed by atoms with van der Waals surface area (Å²) in [6.45, 7) is 1.87. The van der Waals surface area contributed by atoms with Crippen molar-refractivity contribution in [3.05, 3.63) is 95.6 Å². The minimum atomic E-state index is -4.47. The van der Waals surface area contributed by atoms with Crippen LogP contribution in [0.5, 0.6) is 0 Å². The highest BCUT2D eigenvalue weighted by Crippen LogP contribution is 2.30. The second-order valence-electron chi connectivity index (χ2n) is 8.19. The van der Waals surface area contributed by atoms with Gasteiger partial charge in [0.15, 0.2) is 23.1 Å². The van der Waals surface area contributed by atoms with E-state index in [1.54, 1.807) is 42.7 Å². The summed E-state index contributed by atoms with van der Waals surface area (Å²) in [5.41, 5.74) is 3.17. The van der Waals surface area contributed by atoms with E-state index in [0.29, 0.717) is 39.6 Å². The van der Waals surface area contributed by atoms with E-state index in [1.165, 1.54) is 18.5 Å². The molecule has 7 nitrogen and oxygen atoms in total. The molecule has 5 aromatic rings. The molecule has 0 radical (unpaired) electrons. The first-order valence-corrected chi connectivity index (χ1v) is 11.0. The Morgan fingerprint density at radius 1 is 1.03 bits per heavy atom. The molecular weight excluding hydrogens is 469 g/mol. The number of fused-ring (bicyclic) bond motifs is 1. The van der Waals surface area contributed by atoms with E-state index in [4.69, 9.17) is 0 Å². The van der Waals surface area contributed by atoms with E-state index in [9.17, 15) is 18.0 Å². The van der Waals surface area contributed by atoms with Crippen LogP contribution < -0.4 is 5.32 Å². The molecule has 3 aromatic heterocycles. The number of alkyl halides is 3. The van der Waals surface area contributed by atoms with E-state index < -0.39 is 11.7 Å². The lowest BCUT2D eigenvalue weighted by Crippen LogP contribution is -2.08. The van der Waals surface area contributed by atoms with Crippen LogP contribution in [0.25, 0.3) is 22.6 Å². The molecule has 36 heavy (non-hydrogen) atoms. The van der Waals surface area contributed by atoms with Crippen molar-refractivity contribution in [3.63, 3.8) is 0 Å². The molecule has 0 unspecified atom stereocenters. The van der Waals surface area contributed by atoms with Gasteiger partial charge in [0, 0.05) is 35.6 Å². The molecule has 0 spiro atoms. The molecule has 5 rings (SSSR count). The van der Waals surface area contributed by atoms with E-state index in [-0.39, 0.29) is 12.2 Å². The highest BCUT2D eigenvalue weighted by molar-refractivity contribution is 5.99. The fourth-order valence-electron chi connectivity index (χ4n) is 3.76. The second-order valence-corrected chi connectivity index (χ2v) is 8.19. The lowest BCUT2D eigenvalue weighted by molar-refractivity contribution is -0.137. The zero-order valence-electron chi connectivity index (χ0n) is 19.0. The minimum absolute atomic E-state index is 0.156. The van der Waals surface area contributed by atoms with Crippen LogP contribution in [0.4, 0.5) is 24.7 Å². The molecule has 0 saturated heterocycles. The van der Waals surface area contributed by atoms with Crippen molar-refractivity contribution in [2.45, 2.75) is 19.5 Å². The van der Waals surface area contributed by atoms with E-state index in [0.717, 1.165) is 23.3 Å². The Kier molecular flexibility index (Phi) is 5.93. The first-order valence-electron chi connectivity index (χ1n) is 11.0. The molecule has 180 valence electrons.